The molecule has 2 amide bonds. The Bertz CT molecular complexity index is 1120. The Balaban J connectivity index is 1.39. The number of nitrogens with zero attached hydrogens (tertiary/aromatic N) is 1. The van der Waals surface area contributed by atoms with E-state index in [0.717, 1.165) is 36.9 Å². The van der Waals surface area contributed by atoms with E-state index in [1.54, 1.807) is 29.2 Å². The molecule has 2 aromatic carbocycles. The van der Waals surface area contributed by atoms with Crippen molar-refractivity contribution in [3.8, 4) is 0 Å². The van der Waals surface area contributed by atoms with Crippen molar-refractivity contribution in [2.75, 3.05) is 24.2 Å². The van der Waals surface area contributed by atoms with Crippen molar-refractivity contribution in [1.29, 1.82) is 0 Å². The van der Waals surface area contributed by atoms with Crippen LogP contribution in [0.15, 0.2) is 48.5 Å². The molecule has 206 valence electrons. The Kier molecular flexibility index (Phi) is 8.92. The summed E-state index contributed by atoms with van der Waals surface area (Å²) in [6.45, 7) is 6.64. The van der Waals surface area contributed by atoms with Gasteiger partial charge in [0.15, 0.2) is 8.32 Å². The van der Waals surface area contributed by atoms with Gasteiger partial charge in [-0.05, 0) is 86.7 Å². The summed E-state index contributed by atoms with van der Waals surface area (Å²) < 4.78 is 6.48. The molecule has 0 saturated carbocycles. The smallest absolute Gasteiger partial charge is 0.255 e. The minimum Gasteiger partial charge on any atom is -0.432 e. The molecule has 0 spiro atoms. The van der Waals surface area contributed by atoms with Crippen LogP contribution in [0.1, 0.15) is 48.5 Å². The van der Waals surface area contributed by atoms with Crippen molar-refractivity contribution in [3.05, 3.63) is 59.7 Å². The van der Waals surface area contributed by atoms with Crippen molar-refractivity contribution in [2.45, 2.75) is 75.9 Å². The molecule has 2 saturated heterocycles. The summed E-state index contributed by atoms with van der Waals surface area (Å²) in [7, 11) is -2.60. The first kappa shape index (κ1) is 28.3. The number of likely N-dealkylation sites (tertiary alicyclic amines) is 1. The largest absolute Gasteiger partial charge is 0.432 e. The molecule has 0 aliphatic carbocycles. The van der Waals surface area contributed by atoms with E-state index in [9.17, 15) is 19.5 Å². The van der Waals surface area contributed by atoms with E-state index in [-0.39, 0.29) is 54.6 Å². The molecule has 38 heavy (non-hydrogen) atoms. The summed E-state index contributed by atoms with van der Waals surface area (Å²) in [4.78, 5) is 38.6. The van der Waals surface area contributed by atoms with E-state index < -0.39 is 8.32 Å². The van der Waals surface area contributed by atoms with Gasteiger partial charge in [-0.1, -0.05) is 19.1 Å². The Morgan fingerprint density at radius 3 is 2.58 bits per heavy atom. The maximum Gasteiger partial charge on any atom is 0.255 e. The number of nitrogens with two attached hydrogens (primary N) is 1. The molecule has 0 bridgehead atoms. The van der Waals surface area contributed by atoms with E-state index in [2.05, 4.69) is 12.2 Å². The number of anilines is 2. The minimum atomic E-state index is -2.60. The lowest BCUT2D eigenvalue weighted by Gasteiger charge is -2.31. The van der Waals surface area contributed by atoms with Crippen LogP contribution >= 0.6 is 0 Å². The fraction of sp³-hybridized carbons (Fsp3) is 0.517. The molecule has 0 aromatic heterocycles. The molecule has 5 atom stereocenters. The molecular weight excluding hydrogens is 498 g/mol. The summed E-state index contributed by atoms with van der Waals surface area (Å²) in [6.07, 6.45) is 3.09. The summed E-state index contributed by atoms with van der Waals surface area (Å²) in [5.74, 6) is -0.0610. The predicted octanol–water partition coefficient (Wildman–Crippen LogP) is 3.80. The number of carbonyl (C=O) groups excluding carboxylic acids is 2. The van der Waals surface area contributed by atoms with Crippen LogP contribution in [0.25, 0.3) is 0 Å². The van der Waals surface area contributed by atoms with Gasteiger partial charge in [-0.25, -0.2) is 0 Å². The second-order valence-corrected chi connectivity index (χ2v) is 15.3. The Morgan fingerprint density at radius 2 is 1.89 bits per heavy atom. The van der Waals surface area contributed by atoms with E-state index in [1.165, 1.54) is 0 Å². The second kappa shape index (κ2) is 12.0. The number of nitrogen functional groups attached to an aromatic ring is 1. The third-order valence-corrected chi connectivity index (χ3v) is 10.6. The molecule has 9 heteroatoms. The van der Waals surface area contributed by atoms with Crippen LogP contribution in [0, 0.1) is 5.92 Å². The average Bonchev–Trinajstić information content (AvgIpc) is 3.47. The fourth-order valence-corrected chi connectivity index (χ4v) is 8.81. The summed E-state index contributed by atoms with van der Waals surface area (Å²) >= 11 is 0. The SMILES string of the molecule is C[C@@H]1[C@@H]([Si](C)(C)O)[C@H](CC(=O)N2CCC[C@H]2CO)O[C@@H]1CCc1cccc(NC(=O)c2ccc(N)cc2)c1. The van der Waals surface area contributed by atoms with Gasteiger partial charge < -0.3 is 30.6 Å². The van der Waals surface area contributed by atoms with Crippen LogP contribution in [0.3, 0.4) is 0 Å². The highest BCUT2D eigenvalue weighted by Gasteiger charge is 2.50. The van der Waals surface area contributed by atoms with E-state index >= 15 is 0 Å². The fourth-order valence-electron chi connectivity index (χ4n) is 6.20. The second-order valence-electron chi connectivity index (χ2n) is 11.3. The Morgan fingerprint density at radius 1 is 1.16 bits per heavy atom. The zero-order valence-electron chi connectivity index (χ0n) is 22.6. The molecule has 2 aromatic rings. The number of aliphatic hydroxyl groups is 1. The highest BCUT2D eigenvalue weighted by molar-refractivity contribution is 6.71. The number of aliphatic hydroxyl groups excluding tert-OH is 1. The third kappa shape index (κ3) is 6.64. The molecule has 5 N–H and O–H groups in total. The van der Waals surface area contributed by atoms with Gasteiger partial charge in [0.1, 0.15) is 0 Å². The van der Waals surface area contributed by atoms with Gasteiger partial charge in [0, 0.05) is 29.0 Å². The predicted molar refractivity (Wildman–Crippen MR) is 151 cm³/mol. The first-order valence-electron chi connectivity index (χ1n) is 13.6. The van der Waals surface area contributed by atoms with Gasteiger partial charge in [-0.3, -0.25) is 9.59 Å². The number of amides is 2. The average molecular weight is 540 g/mol. The number of rotatable bonds is 9. The van der Waals surface area contributed by atoms with E-state index in [1.807, 2.05) is 37.4 Å². The van der Waals surface area contributed by atoms with Crippen molar-refractivity contribution < 1.29 is 24.2 Å². The standard InChI is InChI=1S/C29H41N3O5Si/c1-19-25(37-26(28(19)38(2,3)36)17-27(34)32-15-5-8-24(32)18-33)14-9-20-6-4-7-23(16-20)31-29(35)21-10-12-22(30)13-11-21/h4,6-7,10-13,16,19,24-26,28,33,36H,5,8-9,14-15,17-18,30H2,1-3H3,(H,31,35)/t19-,24-,25+,26-,28+/m0/s1. The molecular formula is C29H41N3O5Si. The van der Waals surface area contributed by atoms with Crippen LogP contribution in [0.4, 0.5) is 11.4 Å². The van der Waals surface area contributed by atoms with Crippen molar-refractivity contribution in [3.63, 3.8) is 0 Å². The van der Waals surface area contributed by atoms with E-state index in [0.29, 0.717) is 17.8 Å². The lowest BCUT2D eigenvalue weighted by molar-refractivity contribution is -0.135. The quantitative estimate of drug-likeness (QED) is 0.284. The Labute approximate surface area is 226 Å². The van der Waals surface area contributed by atoms with Crippen LogP contribution in [-0.4, -0.2) is 66.3 Å². The van der Waals surface area contributed by atoms with Crippen molar-refractivity contribution >= 4 is 31.5 Å². The molecule has 0 radical (unpaired) electrons. The number of nitrogens with one attached hydrogen (secondary N) is 1. The number of ether oxygens (including phenoxy) is 1. The lowest BCUT2D eigenvalue weighted by Crippen LogP contribution is -2.43. The number of benzene rings is 2. The highest BCUT2D eigenvalue weighted by Crippen LogP contribution is 2.45. The van der Waals surface area contributed by atoms with Gasteiger partial charge in [-0.15, -0.1) is 0 Å². The molecule has 0 unspecified atom stereocenters. The first-order chi connectivity index (χ1) is 18.1. The third-order valence-electron chi connectivity index (χ3n) is 8.08. The highest BCUT2D eigenvalue weighted by atomic mass is 28.4. The molecule has 2 fully saturated rings. The summed E-state index contributed by atoms with van der Waals surface area (Å²) in [6, 6.07) is 14.5. The van der Waals surface area contributed by atoms with Gasteiger partial charge in [-0.2, -0.15) is 0 Å². The van der Waals surface area contributed by atoms with Gasteiger partial charge in [0.2, 0.25) is 5.91 Å². The monoisotopic (exact) mass is 539 g/mol. The number of hydrogen-bond acceptors (Lipinski definition) is 6. The van der Waals surface area contributed by atoms with Crippen LogP contribution < -0.4 is 11.1 Å². The summed E-state index contributed by atoms with van der Waals surface area (Å²) in [5, 5.41) is 12.6. The minimum absolute atomic E-state index is 0.00666. The molecule has 2 heterocycles. The first-order valence-corrected chi connectivity index (χ1v) is 16.6. The lowest BCUT2D eigenvalue weighted by atomic mass is 9.95. The van der Waals surface area contributed by atoms with Crippen molar-refractivity contribution in [1.82, 2.24) is 4.90 Å². The zero-order valence-corrected chi connectivity index (χ0v) is 23.6. The number of hydrogen-bond donors (Lipinski definition) is 4. The molecule has 8 nitrogen and oxygen atoms in total. The summed E-state index contributed by atoms with van der Waals surface area (Å²) in [5.41, 5.74) is 8.62. The van der Waals surface area contributed by atoms with Crippen LogP contribution in [0.5, 0.6) is 0 Å². The number of aryl methyl sites for hydroxylation is 1. The van der Waals surface area contributed by atoms with Gasteiger partial charge >= 0.3 is 0 Å². The molecule has 2 aliphatic heterocycles. The maximum atomic E-state index is 13.1. The molecule has 2 aliphatic rings. The molecule has 4 rings (SSSR count). The normalized spacial score (nSPS) is 25.5. The van der Waals surface area contributed by atoms with Gasteiger partial charge in [0.05, 0.1) is 31.3 Å². The van der Waals surface area contributed by atoms with Crippen LogP contribution in [-0.2, 0) is 16.0 Å². The van der Waals surface area contributed by atoms with Crippen molar-refractivity contribution in [2.24, 2.45) is 5.92 Å². The topological polar surface area (TPSA) is 125 Å². The van der Waals surface area contributed by atoms with Crippen LogP contribution in [0.2, 0.25) is 18.6 Å². The number of carbonyl (C=O) groups is 2. The Hall–Kier alpha value is -2.72. The maximum absolute atomic E-state index is 13.1. The van der Waals surface area contributed by atoms with E-state index in [4.69, 9.17) is 10.5 Å². The van der Waals surface area contributed by atoms with Gasteiger partial charge in [0.25, 0.3) is 5.91 Å². The zero-order chi connectivity index (χ0) is 27.4.